The molecule has 1 aromatic carbocycles. The van der Waals surface area contributed by atoms with Crippen LogP contribution in [0.5, 0.6) is 0 Å². The van der Waals surface area contributed by atoms with Gasteiger partial charge in [0.1, 0.15) is 5.76 Å². The third-order valence-corrected chi connectivity index (χ3v) is 2.43. The third kappa shape index (κ3) is 3.11. The summed E-state index contributed by atoms with van der Waals surface area (Å²) in [5.41, 5.74) is 7.20. The highest BCUT2D eigenvalue weighted by Crippen LogP contribution is 2.12. The average molecular weight is 230 g/mol. The van der Waals surface area contributed by atoms with Crippen molar-refractivity contribution in [2.24, 2.45) is 0 Å². The van der Waals surface area contributed by atoms with Gasteiger partial charge in [-0.1, -0.05) is 30.3 Å². The number of benzene rings is 1. The maximum Gasteiger partial charge on any atom is 0.227 e. The van der Waals surface area contributed by atoms with E-state index in [9.17, 15) is 4.79 Å². The van der Waals surface area contributed by atoms with Gasteiger partial charge in [-0.2, -0.15) is 0 Å². The van der Waals surface area contributed by atoms with Gasteiger partial charge in [-0.15, -0.1) is 0 Å². The largest absolute Gasteiger partial charge is 0.467 e. The first-order valence-corrected chi connectivity index (χ1v) is 5.38. The van der Waals surface area contributed by atoms with Gasteiger partial charge in [-0.25, -0.2) is 0 Å². The van der Waals surface area contributed by atoms with E-state index in [1.165, 1.54) is 6.26 Å². The molecule has 4 nitrogen and oxygen atoms in total. The Kier molecular flexibility index (Phi) is 3.45. The molecule has 0 saturated heterocycles. The Morgan fingerprint density at radius 1 is 1.24 bits per heavy atom. The van der Waals surface area contributed by atoms with Crippen LogP contribution in [0.15, 0.2) is 47.1 Å². The Hall–Kier alpha value is -2.23. The van der Waals surface area contributed by atoms with E-state index in [0.29, 0.717) is 18.0 Å². The molecule has 0 aliphatic heterocycles. The Morgan fingerprint density at radius 3 is 2.65 bits per heavy atom. The van der Waals surface area contributed by atoms with Crippen LogP contribution in [-0.2, 0) is 17.8 Å². The zero-order chi connectivity index (χ0) is 12.1. The summed E-state index contributed by atoms with van der Waals surface area (Å²) in [5.74, 6) is 0.408. The molecule has 0 spiro atoms. The number of nitrogens with two attached hydrogens (primary N) is 1. The van der Waals surface area contributed by atoms with Gasteiger partial charge in [-0.05, 0) is 11.6 Å². The van der Waals surface area contributed by atoms with Gasteiger partial charge in [0, 0.05) is 6.54 Å². The van der Waals surface area contributed by atoms with Crippen LogP contribution in [0.1, 0.15) is 11.3 Å². The summed E-state index contributed by atoms with van der Waals surface area (Å²) in [6.45, 7) is 0.514. The minimum absolute atomic E-state index is 0.101. The number of nitrogen functional groups attached to an aromatic ring is 1. The van der Waals surface area contributed by atoms with Crippen molar-refractivity contribution in [3.63, 3.8) is 0 Å². The molecule has 88 valence electrons. The van der Waals surface area contributed by atoms with Crippen molar-refractivity contribution in [3.8, 4) is 0 Å². The van der Waals surface area contributed by atoms with E-state index in [1.807, 2.05) is 30.3 Å². The highest BCUT2D eigenvalue weighted by atomic mass is 16.3. The smallest absolute Gasteiger partial charge is 0.227 e. The number of carbonyl (C=O) groups excluding carboxylic acids is 1. The number of hydrogen-bond donors (Lipinski definition) is 2. The van der Waals surface area contributed by atoms with Gasteiger partial charge < -0.3 is 15.5 Å². The van der Waals surface area contributed by atoms with Gasteiger partial charge in [0.25, 0.3) is 0 Å². The third-order valence-electron chi connectivity index (χ3n) is 2.43. The van der Waals surface area contributed by atoms with E-state index in [0.717, 1.165) is 5.56 Å². The van der Waals surface area contributed by atoms with E-state index >= 15 is 0 Å². The molecule has 0 radical (unpaired) electrons. The normalized spacial score (nSPS) is 10.1. The topological polar surface area (TPSA) is 68.3 Å². The van der Waals surface area contributed by atoms with Crippen LogP contribution in [0.25, 0.3) is 0 Å². The summed E-state index contributed by atoms with van der Waals surface area (Å²) in [7, 11) is 0. The Bertz CT molecular complexity index is 491. The summed E-state index contributed by atoms with van der Waals surface area (Å²) in [4.78, 5) is 11.6. The summed E-state index contributed by atoms with van der Waals surface area (Å²) in [5, 5.41) is 2.81. The second-order valence-corrected chi connectivity index (χ2v) is 3.74. The van der Waals surface area contributed by atoms with E-state index in [1.54, 1.807) is 6.07 Å². The fourth-order valence-corrected chi connectivity index (χ4v) is 1.50. The number of rotatable bonds is 4. The number of carbonyl (C=O) groups is 1. The van der Waals surface area contributed by atoms with Crippen molar-refractivity contribution in [1.82, 2.24) is 5.32 Å². The van der Waals surface area contributed by atoms with Crippen LogP contribution in [0.2, 0.25) is 0 Å². The van der Waals surface area contributed by atoms with E-state index in [-0.39, 0.29) is 12.3 Å². The van der Waals surface area contributed by atoms with Crippen LogP contribution in [0.4, 0.5) is 5.69 Å². The molecule has 0 aliphatic carbocycles. The Balaban J connectivity index is 1.85. The second kappa shape index (κ2) is 5.21. The molecular formula is C13H14N2O2. The molecule has 0 unspecified atom stereocenters. The molecule has 0 fully saturated rings. The SMILES string of the molecule is Nc1ccoc1CC(=O)NCc1ccccc1. The predicted molar refractivity (Wildman–Crippen MR) is 65.1 cm³/mol. The van der Waals surface area contributed by atoms with E-state index < -0.39 is 0 Å². The summed E-state index contributed by atoms with van der Waals surface area (Å²) in [6, 6.07) is 11.4. The molecule has 1 amide bonds. The van der Waals surface area contributed by atoms with Gasteiger partial charge in [0.05, 0.1) is 18.4 Å². The quantitative estimate of drug-likeness (QED) is 0.840. The zero-order valence-corrected chi connectivity index (χ0v) is 9.35. The first-order valence-electron chi connectivity index (χ1n) is 5.38. The van der Waals surface area contributed by atoms with Gasteiger partial charge in [-0.3, -0.25) is 4.79 Å². The molecule has 17 heavy (non-hydrogen) atoms. The number of nitrogens with one attached hydrogen (secondary N) is 1. The summed E-state index contributed by atoms with van der Waals surface area (Å²) >= 11 is 0. The average Bonchev–Trinajstić information content (AvgIpc) is 2.74. The molecule has 1 heterocycles. The first-order chi connectivity index (χ1) is 8.25. The Morgan fingerprint density at radius 2 is 2.00 bits per heavy atom. The lowest BCUT2D eigenvalue weighted by atomic mass is 10.2. The minimum Gasteiger partial charge on any atom is -0.467 e. The van der Waals surface area contributed by atoms with Gasteiger partial charge in [0.2, 0.25) is 5.91 Å². The van der Waals surface area contributed by atoms with Crippen molar-refractivity contribution in [2.45, 2.75) is 13.0 Å². The van der Waals surface area contributed by atoms with E-state index in [2.05, 4.69) is 5.32 Å². The monoisotopic (exact) mass is 230 g/mol. The number of amides is 1. The highest BCUT2D eigenvalue weighted by Gasteiger charge is 2.08. The number of furan rings is 1. The molecule has 3 N–H and O–H groups in total. The molecular weight excluding hydrogens is 216 g/mol. The van der Waals surface area contributed by atoms with Crippen LogP contribution in [0.3, 0.4) is 0 Å². The number of anilines is 1. The standard InChI is InChI=1S/C13H14N2O2/c14-11-6-7-17-12(11)8-13(16)15-9-10-4-2-1-3-5-10/h1-7H,8-9,14H2,(H,15,16). The van der Waals surface area contributed by atoms with Gasteiger partial charge in [0.15, 0.2) is 0 Å². The van der Waals surface area contributed by atoms with Crippen LogP contribution < -0.4 is 11.1 Å². The summed E-state index contributed by atoms with van der Waals surface area (Å²) < 4.78 is 5.10. The molecule has 2 rings (SSSR count). The molecule has 0 aliphatic rings. The van der Waals surface area contributed by atoms with Crippen molar-refractivity contribution in [1.29, 1.82) is 0 Å². The lowest BCUT2D eigenvalue weighted by Crippen LogP contribution is -2.24. The van der Waals surface area contributed by atoms with Gasteiger partial charge >= 0.3 is 0 Å². The molecule has 0 saturated carbocycles. The second-order valence-electron chi connectivity index (χ2n) is 3.74. The maximum atomic E-state index is 11.6. The predicted octanol–water partition coefficient (Wildman–Crippen LogP) is 1.72. The molecule has 4 heteroatoms. The fourth-order valence-electron chi connectivity index (χ4n) is 1.50. The lowest BCUT2D eigenvalue weighted by molar-refractivity contribution is -0.120. The van der Waals surface area contributed by atoms with Crippen LogP contribution in [0, 0.1) is 0 Å². The van der Waals surface area contributed by atoms with Crippen molar-refractivity contribution >= 4 is 11.6 Å². The van der Waals surface area contributed by atoms with Crippen molar-refractivity contribution < 1.29 is 9.21 Å². The molecule has 0 bridgehead atoms. The van der Waals surface area contributed by atoms with Crippen molar-refractivity contribution in [2.75, 3.05) is 5.73 Å². The Labute approximate surface area is 99.4 Å². The number of hydrogen-bond acceptors (Lipinski definition) is 3. The first kappa shape index (κ1) is 11.3. The fraction of sp³-hybridized carbons (Fsp3) is 0.154. The lowest BCUT2D eigenvalue weighted by Gasteiger charge is -2.04. The van der Waals surface area contributed by atoms with Crippen LogP contribution in [-0.4, -0.2) is 5.91 Å². The van der Waals surface area contributed by atoms with E-state index in [4.69, 9.17) is 10.2 Å². The highest BCUT2D eigenvalue weighted by molar-refractivity contribution is 5.79. The van der Waals surface area contributed by atoms with Crippen molar-refractivity contribution in [3.05, 3.63) is 54.0 Å². The molecule has 0 atom stereocenters. The molecule has 2 aromatic rings. The minimum atomic E-state index is -0.101. The molecule has 1 aromatic heterocycles. The maximum absolute atomic E-state index is 11.6. The summed E-state index contributed by atoms with van der Waals surface area (Å²) in [6.07, 6.45) is 1.65. The van der Waals surface area contributed by atoms with Crippen LogP contribution >= 0.6 is 0 Å². The zero-order valence-electron chi connectivity index (χ0n) is 9.35.